The molecule has 0 saturated heterocycles. The van der Waals surface area contributed by atoms with Crippen LogP contribution in [0.25, 0.3) is 10.9 Å². The van der Waals surface area contributed by atoms with Crippen molar-refractivity contribution in [1.82, 2.24) is 9.66 Å². The van der Waals surface area contributed by atoms with Crippen LogP contribution in [0.1, 0.15) is 43.6 Å². The molecular formula is C27H25BrFN3O3. The van der Waals surface area contributed by atoms with Gasteiger partial charge in [-0.3, -0.25) is 4.79 Å². The van der Waals surface area contributed by atoms with Crippen LogP contribution < -0.4 is 15.0 Å². The summed E-state index contributed by atoms with van der Waals surface area (Å²) in [6.07, 6.45) is 1.59. The molecule has 0 N–H and O–H groups in total. The Labute approximate surface area is 211 Å². The van der Waals surface area contributed by atoms with E-state index in [1.165, 1.54) is 16.8 Å². The fourth-order valence-corrected chi connectivity index (χ4v) is 3.92. The van der Waals surface area contributed by atoms with Gasteiger partial charge in [-0.25, -0.2) is 9.37 Å². The summed E-state index contributed by atoms with van der Waals surface area (Å²) >= 11 is 3.42. The van der Waals surface area contributed by atoms with E-state index >= 15 is 0 Å². The Morgan fingerprint density at radius 2 is 1.91 bits per heavy atom. The number of hydrogen-bond donors (Lipinski definition) is 0. The van der Waals surface area contributed by atoms with Crippen molar-refractivity contribution in [2.24, 2.45) is 5.10 Å². The van der Waals surface area contributed by atoms with Gasteiger partial charge >= 0.3 is 0 Å². The van der Waals surface area contributed by atoms with Crippen LogP contribution in [0.3, 0.4) is 0 Å². The molecule has 8 heteroatoms. The van der Waals surface area contributed by atoms with Crippen LogP contribution in [0.2, 0.25) is 0 Å². The number of ether oxygens (including phenoxy) is 2. The summed E-state index contributed by atoms with van der Waals surface area (Å²) in [6, 6.07) is 17.1. The summed E-state index contributed by atoms with van der Waals surface area (Å²) in [6.45, 7) is 6.46. The fraction of sp³-hybridized carbons (Fsp3) is 0.222. The van der Waals surface area contributed by atoms with E-state index in [0.717, 1.165) is 10.0 Å². The summed E-state index contributed by atoms with van der Waals surface area (Å²) in [5.41, 5.74) is 1.83. The number of aromatic nitrogens is 2. The van der Waals surface area contributed by atoms with Crippen molar-refractivity contribution < 1.29 is 13.9 Å². The summed E-state index contributed by atoms with van der Waals surface area (Å²) < 4.78 is 27.2. The second kappa shape index (κ2) is 10.8. The molecule has 0 atom stereocenters. The van der Waals surface area contributed by atoms with E-state index in [-0.39, 0.29) is 23.9 Å². The summed E-state index contributed by atoms with van der Waals surface area (Å²) in [5.74, 6) is 1.32. The van der Waals surface area contributed by atoms with Crippen molar-refractivity contribution in [3.8, 4) is 11.5 Å². The Morgan fingerprint density at radius 1 is 1.09 bits per heavy atom. The zero-order chi connectivity index (χ0) is 24.9. The number of rotatable bonds is 8. The molecule has 3 aromatic carbocycles. The predicted molar refractivity (Wildman–Crippen MR) is 139 cm³/mol. The van der Waals surface area contributed by atoms with Crippen molar-refractivity contribution in [2.45, 2.75) is 33.3 Å². The molecule has 0 fully saturated rings. The van der Waals surface area contributed by atoms with E-state index in [4.69, 9.17) is 9.47 Å². The lowest BCUT2D eigenvalue weighted by Gasteiger charge is -2.13. The van der Waals surface area contributed by atoms with E-state index in [9.17, 15) is 9.18 Å². The highest BCUT2D eigenvalue weighted by Crippen LogP contribution is 2.29. The summed E-state index contributed by atoms with van der Waals surface area (Å²) in [4.78, 5) is 17.9. The van der Waals surface area contributed by atoms with Crippen LogP contribution in [0.4, 0.5) is 4.39 Å². The normalized spacial score (nSPS) is 11.5. The Balaban J connectivity index is 1.65. The maximum atomic E-state index is 13.5. The van der Waals surface area contributed by atoms with Gasteiger partial charge in [0.2, 0.25) is 0 Å². The van der Waals surface area contributed by atoms with Crippen LogP contribution in [0.5, 0.6) is 11.5 Å². The molecule has 0 aliphatic heterocycles. The molecule has 4 rings (SSSR count). The number of fused-ring (bicyclic) bond motifs is 1. The average molecular weight is 538 g/mol. The second-order valence-corrected chi connectivity index (χ2v) is 9.12. The van der Waals surface area contributed by atoms with Crippen LogP contribution in [0.15, 0.2) is 75.0 Å². The first-order valence-corrected chi connectivity index (χ1v) is 12.1. The minimum absolute atomic E-state index is 0.00881. The van der Waals surface area contributed by atoms with E-state index in [0.29, 0.717) is 40.4 Å². The molecule has 0 bridgehead atoms. The lowest BCUT2D eigenvalue weighted by molar-refractivity contribution is 0.269. The van der Waals surface area contributed by atoms with Crippen molar-refractivity contribution in [3.63, 3.8) is 0 Å². The zero-order valence-corrected chi connectivity index (χ0v) is 21.3. The molecular weight excluding hydrogens is 513 g/mol. The highest BCUT2D eigenvalue weighted by atomic mass is 79.9. The number of nitrogens with zero attached hydrogens (tertiary/aromatic N) is 3. The Morgan fingerprint density at radius 3 is 2.66 bits per heavy atom. The maximum Gasteiger partial charge on any atom is 0.282 e. The molecule has 0 amide bonds. The third-order valence-electron chi connectivity index (χ3n) is 5.22. The van der Waals surface area contributed by atoms with E-state index in [1.54, 1.807) is 36.5 Å². The molecule has 4 aromatic rings. The van der Waals surface area contributed by atoms with Gasteiger partial charge in [-0.2, -0.15) is 9.78 Å². The largest absolute Gasteiger partial charge is 0.490 e. The maximum absolute atomic E-state index is 13.5. The van der Waals surface area contributed by atoms with E-state index < -0.39 is 0 Å². The first-order chi connectivity index (χ1) is 16.9. The molecule has 1 aromatic heterocycles. The average Bonchev–Trinajstić information content (AvgIpc) is 2.83. The molecule has 0 radical (unpaired) electrons. The van der Waals surface area contributed by atoms with Crippen LogP contribution in [-0.2, 0) is 6.61 Å². The lowest BCUT2D eigenvalue weighted by Crippen LogP contribution is -2.23. The van der Waals surface area contributed by atoms with Gasteiger partial charge in [-0.1, -0.05) is 41.9 Å². The highest BCUT2D eigenvalue weighted by Gasteiger charge is 2.14. The van der Waals surface area contributed by atoms with Crippen LogP contribution in [-0.4, -0.2) is 22.5 Å². The molecule has 0 unspecified atom stereocenters. The van der Waals surface area contributed by atoms with Crippen molar-refractivity contribution >= 4 is 33.0 Å². The van der Waals surface area contributed by atoms with Crippen LogP contribution in [0, 0.1) is 5.82 Å². The topological polar surface area (TPSA) is 65.7 Å². The SMILES string of the molecule is CCOc1cc(C=Nn2c(C(C)C)nc3ccc(Br)cc3c2=O)ccc1OCc1cccc(F)c1. The van der Waals surface area contributed by atoms with Gasteiger partial charge in [0.05, 0.1) is 23.7 Å². The van der Waals surface area contributed by atoms with Gasteiger partial charge in [0.15, 0.2) is 11.5 Å². The third kappa shape index (κ3) is 5.77. The van der Waals surface area contributed by atoms with Crippen molar-refractivity contribution in [2.75, 3.05) is 6.61 Å². The van der Waals surface area contributed by atoms with Gasteiger partial charge in [0, 0.05) is 10.4 Å². The molecule has 0 aliphatic carbocycles. The monoisotopic (exact) mass is 537 g/mol. The van der Waals surface area contributed by atoms with Crippen molar-refractivity contribution in [1.29, 1.82) is 0 Å². The van der Waals surface area contributed by atoms with Gasteiger partial charge in [0.25, 0.3) is 5.56 Å². The van der Waals surface area contributed by atoms with Crippen LogP contribution >= 0.6 is 15.9 Å². The predicted octanol–water partition coefficient (Wildman–Crippen LogP) is 6.28. The minimum atomic E-state index is -0.311. The molecule has 180 valence electrons. The Hall–Kier alpha value is -3.52. The zero-order valence-electron chi connectivity index (χ0n) is 19.7. The Bertz CT molecular complexity index is 1450. The van der Waals surface area contributed by atoms with Gasteiger partial charge in [0.1, 0.15) is 18.2 Å². The molecule has 0 spiro atoms. The molecule has 1 heterocycles. The number of halogens is 2. The summed E-state index contributed by atoms with van der Waals surface area (Å²) in [7, 11) is 0. The minimum Gasteiger partial charge on any atom is -0.490 e. The van der Waals surface area contributed by atoms with Gasteiger partial charge in [-0.15, -0.1) is 0 Å². The third-order valence-corrected chi connectivity index (χ3v) is 5.72. The first kappa shape index (κ1) is 24.6. The van der Waals surface area contributed by atoms with Gasteiger partial charge < -0.3 is 9.47 Å². The first-order valence-electron chi connectivity index (χ1n) is 11.3. The van der Waals surface area contributed by atoms with E-state index in [1.807, 2.05) is 39.0 Å². The lowest BCUT2D eigenvalue weighted by atomic mass is 10.2. The van der Waals surface area contributed by atoms with E-state index in [2.05, 4.69) is 26.0 Å². The fourth-order valence-electron chi connectivity index (χ4n) is 3.56. The highest BCUT2D eigenvalue weighted by molar-refractivity contribution is 9.10. The molecule has 35 heavy (non-hydrogen) atoms. The number of benzene rings is 3. The number of hydrogen-bond acceptors (Lipinski definition) is 5. The van der Waals surface area contributed by atoms with Crippen molar-refractivity contribution in [3.05, 3.63) is 98.3 Å². The van der Waals surface area contributed by atoms with Gasteiger partial charge in [-0.05, 0) is 66.6 Å². The molecule has 0 aliphatic rings. The molecule has 0 saturated carbocycles. The summed E-state index contributed by atoms with van der Waals surface area (Å²) in [5, 5.41) is 4.96. The molecule has 6 nitrogen and oxygen atoms in total. The second-order valence-electron chi connectivity index (χ2n) is 8.21. The Kier molecular flexibility index (Phi) is 7.60. The smallest absolute Gasteiger partial charge is 0.282 e. The standard InChI is InChI=1S/C27H25BrFN3O3/c1-4-34-25-13-18(8-11-24(25)35-16-19-6-5-7-21(29)12-19)15-30-32-26(17(2)3)31-23-10-9-20(28)14-22(23)27(32)33/h5-15,17H,4,16H2,1-3H3. The quantitative estimate of drug-likeness (QED) is 0.248.